The number of rotatable bonds is 9. The van der Waals surface area contributed by atoms with Gasteiger partial charge in [-0.25, -0.2) is 23.5 Å². The molecule has 2 heterocycles. The number of benzene rings is 2. The minimum absolute atomic E-state index is 0. The molecule has 13 heteroatoms. The van der Waals surface area contributed by atoms with Crippen molar-refractivity contribution in [1.82, 2.24) is 9.97 Å². The summed E-state index contributed by atoms with van der Waals surface area (Å²) < 4.78 is 48.4. The van der Waals surface area contributed by atoms with Crippen molar-refractivity contribution in [3.63, 3.8) is 0 Å². The van der Waals surface area contributed by atoms with Crippen LogP contribution in [0.1, 0.15) is 49.1 Å². The number of oxazole rings is 2. The Morgan fingerprint density at radius 3 is 2.10 bits per heavy atom. The van der Waals surface area contributed by atoms with Gasteiger partial charge in [0.2, 0.25) is 11.8 Å². The second-order valence-corrected chi connectivity index (χ2v) is 9.77. The zero-order valence-corrected chi connectivity index (χ0v) is 28.3. The Labute approximate surface area is 264 Å². The molecule has 0 radical (unpaired) electrons. The number of aromatic nitrogens is 2. The summed E-state index contributed by atoms with van der Waals surface area (Å²) in [6, 6.07) is 8.72. The Balaban J connectivity index is 0.000000280. The Morgan fingerprint density at radius 1 is 0.902 bits per heavy atom. The Hall–Kier alpha value is -3.02. The fourth-order valence-electron chi connectivity index (χ4n) is 3.55. The maximum Gasteiger partial charge on any atom is 0.331 e. The minimum Gasteiger partial charge on any atom is -0.466 e. The van der Waals surface area contributed by atoms with Crippen LogP contribution in [0, 0.1) is 11.6 Å². The summed E-state index contributed by atoms with van der Waals surface area (Å²) in [5.41, 5.74) is 1.42. The van der Waals surface area contributed by atoms with Crippen LogP contribution in [0.2, 0.25) is 0 Å². The smallest absolute Gasteiger partial charge is 0.331 e. The molecule has 0 saturated heterocycles. The quantitative estimate of drug-likeness (QED) is 0.100. The van der Waals surface area contributed by atoms with Gasteiger partial charge in [0.25, 0.3) is 0 Å². The van der Waals surface area contributed by atoms with Crippen LogP contribution in [0.4, 0.5) is 8.78 Å². The zero-order valence-electron chi connectivity index (χ0n) is 22.1. The number of hydrogen-bond donors (Lipinski definition) is 0. The van der Waals surface area contributed by atoms with Crippen molar-refractivity contribution in [2.45, 2.75) is 26.2 Å². The summed E-state index contributed by atoms with van der Waals surface area (Å²) >= 11 is 6.44. The third kappa shape index (κ3) is 10.7. The van der Waals surface area contributed by atoms with E-state index in [0.29, 0.717) is 38.1 Å². The third-order valence-corrected chi connectivity index (χ3v) is 6.01. The van der Waals surface area contributed by atoms with Gasteiger partial charge < -0.3 is 18.3 Å². The van der Waals surface area contributed by atoms with Crippen LogP contribution in [0.5, 0.6) is 0 Å². The van der Waals surface area contributed by atoms with Gasteiger partial charge in [0, 0.05) is 34.5 Å². The number of halogens is 4. The molecule has 1 atom stereocenters. The van der Waals surface area contributed by atoms with Crippen molar-refractivity contribution in [2.24, 2.45) is 0 Å². The number of esters is 2. The molecule has 0 aliphatic carbocycles. The number of carbonyl (C=O) groups excluding carboxylic acids is 2. The summed E-state index contributed by atoms with van der Waals surface area (Å²) in [7, 11) is 0. The van der Waals surface area contributed by atoms with E-state index in [1.807, 2.05) is 0 Å². The van der Waals surface area contributed by atoms with Gasteiger partial charge in [-0.3, -0.25) is 4.79 Å². The molecule has 41 heavy (non-hydrogen) atoms. The van der Waals surface area contributed by atoms with Crippen LogP contribution in [0.3, 0.4) is 0 Å². The molecule has 4 rings (SSSR count). The first-order valence-corrected chi connectivity index (χ1v) is 13.5. The van der Waals surface area contributed by atoms with Gasteiger partial charge in [-0.05, 0) is 61.4 Å². The van der Waals surface area contributed by atoms with Crippen molar-refractivity contribution < 1.29 is 56.2 Å². The maximum atomic E-state index is 13.5. The maximum absolute atomic E-state index is 13.5. The summed E-state index contributed by atoms with van der Waals surface area (Å²) in [6.07, 6.45) is 7.01. The van der Waals surface area contributed by atoms with E-state index in [-0.39, 0.29) is 44.4 Å². The number of hydrogen-bond acceptors (Lipinski definition) is 8. The molecular weight excluding hydrogens is 724 g/mol. The zero-order chi connectivity index (χ0) is 29.1. The number of ether oxygens (including phenoxy) is 2. The fraction of sp³-hybridized carbons (Fsp3) is 0.214. The Bertz CT molecular complexity index is 1410. The Kier molecular flexibility index (Phi) is 14.2. The molecule has 2 aromatic heterocycles. The molecule has 0 saturated carbocycles. The SMILES string of the molecule is CCOC(=O)/C=C(/c1cc(F)cc(Br)c1)c1ncco1.CCOC(=O)CC(c1cc(F)cc(Br)c1)c1ncco1.[Zn]. The predicted octanol–water partition coefficient (Wildman–Crippen LogP) is 7.23. The van der Waals surface area contributed by atoms with Crippen molar-refractivity contribution in [2.75, 3.05) is 13.2 Å². The van der Waals surface area contributed by atoms with Gasteiger partial charge in [-0.2, -0.15) is 0 Å². The largest absolute Gasteiger partial charge is 0.466 e. The molecule has 0 amide bonds. The second-order valence-electron chi connectivity index (χ2n) is 7.94. The van der Waals surface area contributed by atoms with Crippen LogP contribution in [-0.2, 0) is 38.5 Å². The van der Waals surface area contributed by atoms with Crippen LogP contribution in [0.15, 0.2) is 85.2 Å². The molecule has 0 aliphatic rings. The molecular formula is C28H24Br2F2N2O6Zn. The fourth-order valence-corrected chi connectivity index (χ4v) is 4.50. The first kappa shape index (κ1) is 34.2. The molecule has 8 nitrogen and oxygen atoms in total. The van der Waals surface area contributed by atoms with Crippen LogP contribution in [-0.4, -0.2) is 35.1 Å². The van der Waals surface area contributed by atoms with Crippen LogP contribution >= 0.6 is 31.9 Å². The molecule has 0 fully saturated rings. The Morgan fingerprint density at radius 2 is 1.54 bits per heavy atom. The molecule has 212 valence electrons. The van der Waals surface area contributed by atoms with Crippen molar-refractivity contribution in [3.8, 4) is 0 Å². The van der Waals surface area contributed by atoms with Crippen molar-refractivity contribution in [3.05, 3.63) is 111 Å². The van der Waals surface area contributed by atoms with E-state index < -0.39 is 23.5 Å². The van der Waals surface area contributed by atoms with E-state index >= 15 is 0 Å². The average Bonchev–Trinajstić information content (AvgIpc) is 3.60. The molecule has 2 aromatic carbocycles. The van der Waals surface area contributed by atoms with Gasteiger partial charge in [0.15, 0.2) is 0 Å². The molecule has 0 aliphatic heterocycles. The third-order valence-electron chi connectivity index (χ3n) is 5.10. The van der Waals surface area contributed by atoms with Gasteiger partial charge in [0.05, 0.1) is 43.5 Å². The minimum atomic E-state index is -0.541. The molecule has 0 bridgehead atoms. The normalized spacial score (nSPS) is 11.5. The summed E-state index contributed by atoms with van der Waals surface area (Å²) in [5, 5.41) is 0. The van der Waals surface area contributed by atoms with Crippen LogP contribution in [0.25, 0.3) is 5.57 Å². The van der Waals surface area contributed by atoms with Gasteiger partial charge in [-0.15, -0.1) is 0 Å². The summed E-state index contributed by atoms with van der Waals surface area (Å²) in [6.45, 7) is 3.98. The molecule has 0 spiro atoms. The van der Waals surface area contributed by atoms with Gasteiger partial charge >= 0.3 is 11.9 Å². The van der Waals surface area contributed by atoms with Crippen molar-refractivity contribution >= 4 is 49.4 Å². The molecule has 1 unspecified atom stereocenters. The number of carbonyl (C=O) groups is 2. The van der Waals surface area contributed by atoms with E-state index in [4.69, 9.17) is 18.3 Å². The van der Waals surface area contributed by atoms with E-state index in [2.05, 4.69) is 41.8 Å². The first-order chi connectivity index (χ1) is 19.2. The summed E-state index contributed by atoms with van der Waals surface area (Å²) in [4.78, 5) is 31.4. The second kappa shape index (κ2) is 17.1. The molecule has 4 aromatic rings. The monoisotopic (exact) mass is 744 g/mol. The van der Waals surface area contributed by atoms with E-state index in [9.17, 15) is 18.4 Å². The average molecular weight is 748 g/mol. The van der Waals surface area contributed by atoms with E-state index in [1.165, 1.54) is 55.3 Å². The van der Waals surface area contributed by atoms with Crippen LogP contribution < -0.4 is 0 Å². The first-order valence-electron chi connectivity index (χ1n) is 12.0. The standard InChI is InChI=1S/C14H13BrFNO3.C14H11BrFNO3.Zn/c2*1-2-19-13(18)8-12(14-17-3-4-20-14)9-5-10(15)7-11(16)6-9;/h3-7,12H,2,8H2,1H3;3-8H,2H2,1H3;/b;12-8-;. The number of nitrogens with zero attached hydrogens (tertiary/aromatic N) is 2. The molecule has 0 N–H and O–H groups in total. The van der Waals surface area contributed by atoms with E-state index in [1.54, 1.807) is 26.0 Å². The van der Waals surface area contributed by atoms with E-state index in [0.717, 1.165) is 0 Å². The van der Waals surface area contributed by atoms with Gasteiger partial charge in [-0.1, -0.05) is 31.9 Å². The topological polar surface area (TPSA) is 105 Å². The summed E-state index contributed by atoms with van der Waals surface area (Å²) in [5.74, 6) is -1.65. The van der Waals surface area contributed by atoms with Crippen molar-refractivity contribution in [1.29, 1.82) is 0 Å². The predicted molar refractivity (Wildman–Crippen MR) is 148 cm³/mol. The van der Waals surface area contributed by atoms with Gasteiger partial charge in [0.1, 0.15) is 24.2 Å².